The molecule has 2 aromatic carbocycles. The largest absolute Gasteiger partial charge is 0.497 e. The van der Waals surface area contributed by atoms with E-state index < -0.39 is 0 Å². The number of aromatic nitrogens is 3. The zero-order chi connectivity index (χ0) is 22.9. The first kappa shape index (κ1) is 23.5. The SMILES string of the molecule is C=CCn1c(COc2ccc(OC)cc2)nnc1SCC(=O)Nc1cc(Cl)ccc1OC. The van der Waals surface area contributed by atoms with Gasteiger partial charge in [0.05, 0.1) is 25.7 Å². The molecule has 168 valence electrons. The van der Waals surface area contributed by atoms with E-state index >= 15 is 0 Å². The Bertz CT molecular complexity index is 1070. The first-order chi connectivity index (χ1) is 15.5. The molecule has 0 spiro atoms. The van der Waals surface area contributed by atoms with Crippen molar-refractivity contribution in [3.63, 3.8) is 0 Å². The number of hydrogen-bond acceptors (Lipinski definition) is 7. The monoisotopic (exact) mass is 474 g/mol. The summed E-state index contributed by atoms with van der Waals surface area (Å²) in [7, 11) is 3.14. The van der Waals surface area contributed by atoms with Gasteiger partial charge in [0.15, 0.2) is 11.0 Å². The van der Waals surface area contributed by atoms with Gasteiger partial charge in [0, 0.05) is 11.6 Å². The lowest BCUT2D eigenvalue weighted by atomic mass is 10.3. The minimum absolute atomic E-state index is 0.129. The van der Waals surface area contributed by atoms with Gasteiger partial charge in [-0.2, -0.15) is 0 Å². The fourth-order valence-corrected chi connectivity index (χ4v) is 3.70. The third kappa shape index (κ3) is 6.18. The van der Waals surface area contributed by atoms with Gasteiger partial charge in [-0.3, -0.25) is 9.36 Å². The quantitative estimate of drug-likeness (QED) is 0.324. The summed E-state index contributed by atoms with van der Waals surface area (Å²) < 4.78 is 18.1. The van der Waals surface area contributed by atoms with Crippen molar-refractivity contribution in [3.05, 3.63) is 66.0 Å². The van der Waals surface area contributed by atoms with Gasteiger partial charge < -0.3 is 19.5 Å². The predicted molar refractivity (Wildman–Crippen MR) is 125 cm³/mol. The molecule has 3 aromatic rings. The van der Waals surface area contributed by atoms with Crippen LogP contribution in [-0.2, 0) is 17.9 Å². The van der Waals surface area contributed by atoms with Gasteiger partial charge in [0.25, 0.3) is 0 Å². The second-order valence-electron chi connectivity index (χ2n) is 6.44. The van der Waals surface area contributed by atoms with E-state index in [1.807, 2.05) is 28.8 Å². The fourth-order valence-electron chi connectivity index (χ4n) is 2.76. The van der Waals surface area contributed by atoms with Crippen LogP contribution in [0.25, 0.3) is 0 Å². The standard InChI is InChI=1S/C22H23ClN4O4S/c1-4-11-27-20(13-31-17-8-6-16(29-2)7-9-17)25-26-22(27)32-14-21(28)24-18-12-15(23)5-10-19(18)30-3/h4-10,12H,1,11,13-14H2,2-3H3,(H,24,28). The Balaban J connectivity index is 1.62. The van der Waals surface area contributed by atoms with Crippen LogP contribution in [0.5, 0.6) is 17.2 Å². The molecule has 1 heterocycles. The third-order valence-electron chi connectivity index (χ3n) is 4.30. The van der Waals surface area contributed by atoms with E-state index in [-0.39, 0.29) is 18.3 Å². The Kier molecular flexibility index (Phi) is 8.41. The van der Waals surface area contributed by atoms with Gasteiger partial charge in [-0.05, 0) is 42.5 Å². The smallest absolute Gasteiger partial charge is 0.234 e. The second kappa shape index (κ2) is 11.4. The van der Waals surface area contributed by atoms with Crippen molar-refractivity contribution >= 4 is 35.0 Å². The topological polar surface area (TPSA) is 87.5 Å². The summed E-state index contributed by atoms with van der Waals surface area (Å²) in [6.45, 7) is 4.50. The lowest BCUT2D eigenvalue weighted by molar-refractivity contribution is -0.113. The maximum absolute atomic E-state index is 12.5. The highest BCUT2D eigenvalue weighted by molar-refractivity contribution is 7.99. The van der Waals surface area contributed by atoms with E-state index in [0.29, 0.717) is 39.7 Å². The minimum Gasteiger partial charge on any atom is -0.497 e. The summed E-state index contributed by atoms with van der Waals surface area (Å²) in [5, 5.41) is 12.3. The van der Waals surface area contributed by atoms with Crippen molar-refractivity contribution in [3.8, 4) is 17.2 Å². The number of hydrogen-bond donors (Lipinski definition) is 1. The summed E-state index contributed by atoms with van der Waals surface area (Å²) in [4.78, 5) is 12.5. The van der Waals surface area contributed by atoms with E-state index in [4.69, 9.17) is 25.8 Å². The third-order valence-corrected chi connectivity index (χ3v) is 5.50. The van der Waals surface area contributed by atoms with Crippen molar-refractivity contribution in [2.75, 3.05) is 25.3 Å². The molecule has 1 amide bonds. The molecule has 1 aromatic heterocycles. The number of nitrogens with one attached hydrogen (secondary N) is 1. The highest BCUT2D eigenvalue weighted by Crippen LogP contribution is 2.28. The molecule has 0 fully saturated rings. The van der Waals surface area contributed by atoms with E-state index in [2.05, 4.69) is 22.1 Å². The number of halogens is 1. The zero-order valence-corrected chi connectivity index (χ0v) is 19.3. The summed E-state index contributed by atoms with van der Waals surface area (Å²) in [6.07, 6.45) is 1.74. The number of allylic oxidation sites excluding steroid dienone is 1. The highest BCUT2D eigenvalue weighted by atomic mass is 35.5. The molecule has 0 aliphatic carbocycles. The van der Waals surface area contributed by atoms with Gasteiger partial charge in [-0.15, -0.1) is 16.8 Å². The Morgan fingerprint density at radius 1 is 1.16 bits per heavy atom. The number of ether oxygens (including phenoxy) is 3. The van der Waals surface area contributed by atoms with E-state index in [0.717, 1.165) is 5.75 Å². The maximum atomic E-state index is 12.5. The highest BCUT2D eigenvalue weighted by Gasteiger charge is 2.15. The number of carbonyl (C=O) groups excluding carboxylic acids is 1. The summed E-state index contributed by atoms with van der Waals surface area (Å²) >= 11 is 7.28. The molecule has 0 aliphatic rings. The molecular formula is C22H23ClN4O4S. The number of benzene rings is 2. The molecule has 32 heavy (non-hydrogen) atoms. The molecular weight excluding hydrogens is 452 g/mol. The zero-order valence-electron chi connectivity index (χ0n) is 17.7. The van der Waals surface area contributed by atoms with E-state index in [1.54, 1.807) is 31.4 Å². The van der Waals surface area contributed by atoms with Crippen LogP contribution in [0.15, 0.2) is 60.3 Å². The number of thioether (sulfide) groups is 1. The Morgan fingerprint density at radius 3 is 2.59 bits per heavy atom. The van der Waals surface area contributed by atoms with Gasteiger partial charge in [0.1, 0.15) is 23.9 Å². The van der Waals surface area contributed by atoms with Crippen LogP contribution in [-0.4, -0.2) is 40.6 Å². The van der Waals surface area contributed by atoms with Crippen LogP contribution < -0.4 is 19.5 Å². The predicted octanol–water partition coefficient (Wildman–Crippen LogP) is 4.44. The number of rotatable bonds is 11. The number of carbonyl (C=O) groups is 1. The summed E-state index contributed by atoms with van der Waals surface area (Å²) in [5.74, 6) is 2.49. The normalized spacial score (nSPS) is 10.5. The average molecular weight is 475 g/mol. The molecule has 0 atom stereocenters. The fraction of sp³-hybridized carbons (Fsp3) is 0.227. The van der Waals surface area contributed by atoms with Crippen molar-refractivity contribution < 1.29 is 19.0 Å². The number of anilines is 1. The number of nitrogens with zero attached hydrogens (tertiary/aromatic N) is 3. The van der Waals surface area contributed by atoms with Crippen LogP contribution in [0, 0.1) is 0 Å². The van der Waals surface area contributed by atoms with Gasteiger partial charge >= 0.3 is 0 Å². The molecule has 0 saturated heterocycles. The van der Waals surface area contributed by atoms with E-state index in [9.17, 15) is 4.79 Å². The molecule has 0 unspecified atom stereocenters. The molecule has 0 radical (unpaired) electrons. The maximum Gasteiger partial charge on any atom is 0.234 e. The number of methoxy groups -OCH3 is 2. The van der Waals surface area contributed by atoms with Crippen LogP contribution in [0.4, 0.5) is 5.69 Å². The molecule has 0 aliphatic heterocycles. The van der Waals surface area contributed by atoms with Crippen molar-refractivity contribution in [2.45, 2.75) is 18.3 Å². The van der Waals surface area contributed by atoms with Gasteiger partial charge in [0.2, 0.25) is 5.91 Å². The van der Waals surface area contributed by atoms with Crippen LogP contribution >= 0.6 is 23.4 Å². The van der Waals surface area contributed by atoms with Crippen molar-refractivity contribution in [2.24, 2.45) is 0 Å². The lowest BCUT2D eigenvalue weighted by Crippen LogP contribution is -2.15. The molecule has 10 heteroatoms. The van der Waals surface area contributed by atoms with Crippen molar-refractivity contribution in [1.29, 1.82) is 0 Å². The van der Waals surface area contributed by atoms with Gasteiger partial charge in [-0.1, -0.05) is 29.4 Å². The average Bonchev–Trinajstić information content (AvgIpc) is 3.18. The minimum atomic E-state index is -0.222. The Labute approximate surface area is 195 Å². The van der Waals surface area contributed by atoms with Crippen molar-refractivity contribution in [1.82, 2.24) is 14.8 Å². The van der Waals surface area contributed by atoms with Gasteiger partial charge in [-0.25, -0.2) is 0 Å². The molecule has 0 saturated carbocycles. The van der Waals surface area contributed by atoms with Crippen LogP contribution in [0.1, 0.15) is 5.82 Å². The lowest BCUT2D eigenvalue weighted by Gasteiger charge is -2.11. The van der Waals surface area contributed by atoms with Crippen LogP contribution in [0.2, 0.25) is 5.02 Å². The molecule has 1 N–H and O–H groups in total. The summed E-state index contributed by atoms with van der Waals surface area (Å²) in [6, 6.07) is 12.3. The number of amides is 1. The molecule has 8 nitrogen and oxygen atoms in total. The first-order valence-corrected chi connectivity index (χ1v) is 11.0. The Morgan fingerprint density at radius 2 is 1.91 bits per heavy atom. The Hall–Kier alpha value is -3.17. The van der Waals surface area contributed by atoms with E-state index in [1.165, 1.54) is 18.9 Å². The first-order valence-electron chi connectivity index (χ1n) is 9.60. The van der Waals surface area contributed by atoms with Crippen LogP contribution in [0.3, 0.4) is 0 Å². The summed E-state index contributed by atoms with van der Waals surface area (Å²) in [5.41, 5.74) is 0.506. The second-order valence-corrected chi connectivity index (χ2v) is 7.82. The molecule has 0 bridgehead atoms. The molecule has 3 rings (SSSR count).